The maximum atomic E-state index is 11.1. The smallest absolute Gasteiger partial charge is 0.152 e. The summed E-state index contributed by atoms with van der Waals surface area (Å²) in [5.41, 5.74) is 0. The Morgan fingerprint density at radius 3 is 2.38 bits per heavy atom. The fourth-order valence-corrected chi connectivity index (χ4v) is 2.62. The van der Waals surface area contributed by atoms with E-state index in [0.717, 1.165) is 6.54 Å². The molecule has 0 aromatic carbocycles. The second-order valence-corrected chi connectivity index (χ2v) is 5.69. The van der Waals surface area contributed by atoms with Gasteiger partial charge in [0.1, 0.15) is 0 Å². The van der Waals surface area contributed by atoms with Crippen molar-refractivity contribution in [2.45, 2.75) is 0 Å². The van der Waals surface area contributed by atoms with Gasteiger partial charge in [-0.25, -0.2) is 8.42 Å². The summed E-state index contributed by atoms with van der Waals surface area (Å²) in [4.78, 5) is 2.12. The number of rotatable bonds is 3. The molecule has 1 heterocycles. The van der Waals surface area contributed by atoms with Crippen molar-refractivity contribution in [3.05, 3.63) is 12.2 Å². The van der Waals surface area contributed by atoms with E-state index in [1.165, 1.54) is 0 Å². The van der Waals surface area contributed by atoms with E-state index in [9.17, 15) is 8.42 Å². The van der Waals surface area contributed by atoms with Gasteiger partial charge in [-0.15, -0.1) is 11.6 Å². The number of nitrogens with zero attached hydrogens (tertiary/aromatic N) is 1. The van der Waals surface area contributed by atoms with E-state index >= 15 is 0 Å². The standard InChI is InChI=1S/C8H14ClNO2S/c9-3-1-2-4-10-5-7-13(11,12)8-6-10/h1-2H,3-8H2/b2-1+. The molecule has 0 bridgehead atoms. The molecule has 1 aliphatic rings. The highest BCUT2D eigenvalue weighted by atomic mass is 35.5. The summed E-state index contributed by atoms with van der Waals surface area (Å²) >= 11 is 5.46. The van der Waals surface area contributed by atoms with Gasteiger partial charge in [-0.3, -0.25) is 4.90 Å². The average molecular weight is 224 g/mol. The van der Waals surface area contributed by atoms with Crippen molar-refractivity contribution in [1.82, 2.24) is 4.90 Å². The predicted molar refractivity (Wildman–Crippen MR) is 55.0 cm³/mol. The van der Waals surface area contributed by atoms with E-state index in [1.807, 2.05) is 12.2 Å². The first-order valence-electron chi connectivity index (χ1n) is 4.28. The monoisotopic (exact) mass is 223 g/mol. The summed E-state index contributed by atoms with van der Waals surface area (Å²) in [6, 6.07) is 0. The lowest BCUT2D eigenvalue weighted by Crippen LogP contribution is -2.40. The van der Waals surface area contributed by atoms with Gasteiger partial charge in [0.2, 0.25) is 0 Å². The predicted octanol–water partition coefficient (Wildman–Crippen LogP) is 0.512. The Hall–Kier alpha value is -0.0600. The zero-order valence-electron chi connectivity index (χ0n) is 7.45. The van der Waals surface area contributed by atoms with E-state index in [1.54, 1.807) is 0 Å². The van der Waals surface area contributed by atoms with Gasteiger partial charge in [-0.2, -0.15) is 0 Å². The number of hydrogen-bond donors (Lipinski definition) is 0. The molecule has 76 valence electrons. The van der Waals surface area contributed by atoms with E-state index in [4.69, 9.17) is 11.6 Å². The van der Waals surface area contributed by atoms with Gasteiger partial charge >= 0.3 is 0 Å². The lowest BCUT2D eigenvalue weighted by Gasteiger charge is -2.24. The van der Waals surface area contributed by atoms with Gasteiger partial charge in [-0.05, 0) is 0 Å². The van der Waals surface area contributed by atoms with Crippen LogP contribution < -0.4 is 0 Å². The molecule has 0 unspecified atom stereocenters. The second-order valence-electron chi connectivity index (χ2n) is 3.08. The molecule has 1 fully saturated rings. The molecule has 0 radical (unpaired) electrons. The minimum Gasteiger partial charge on any atom is -0.298 e. The Labute approximate surface area is 84.3 Å². The zero-order valence-corrected chi connectivity index (χ0v) is 9.02. The third kappa shape index (κ3) is 4.11. The van der Waals surface area contributed by atoms with E-state index < -0.39 is 9.84 Å². The van der Waals surface area contributed by atoms with Gasteiger partial charge in [0.05, 0.1) is 11.5 Å². The molecule has 1 rings (SSSR count). The normalized spacial score (nSPS) is 23.8. The Morgan fingerprint density at radius 2 is 1.85 bits per heavy atom. The molecule has 0 atom stereocenters. The van der Waals surface area contributed by atoms with Crippen LogP contribution in [0.1, 0.15) is 0 Å². The first-order valence-corrected chi connectivity index (χ1v) is 6.63. The summed E-state index contributed by atoms with van der Waals surface area (Å²) in [7, 11) is -2.74. The summed E-state index contributed by atoms with van der Waals surface area (Å²) in [5, 5.41) is 0. The zero-order chi connectivity index (χ0) is 9.73. The molecule has 0 aliphatic carbocycles. The average Bonchev–Trinajstić information content (AvgIpc) is 2.08. The quantitative estimate of drug-likeness (QED) is 0.517. The molecule has 13 heavy (non-hydrogen) atoms. The van der Waals surface area contributed by atoms with Crippen LogP contribution in [0.15, 0.2) is 12.2 Å². The molecule has 0 spiro atoms. The van der Waals surface area contributed by atoms with Crippen molar-refractivity contribution in [3.8, 4) is 0 Å². The maximum absolute atomic E-state index is 11.1. The SMILES string of the molecule is O=S1(=O)CCN(C/C=C/CCl)CC1. The van der Waals surface area contributed by atoms with Crippen LogP contribution >= 0.6 is 11.6 Å². The van der Waals surface area contributed by atoms with Crippen LogP contribution in [0.25, 0.3) is 0 Å². The minimum absolute atomic E-state index is 0.293. The van der Waals surface area contributed by atoms with Crippen LogP contribution in [0.4, 0.5) is 0 Å². The Balaban J connectivity index is 2.29. The van der Waals surface area contributed by atoms with Crippen molar-refractivity contribution in [3.63, 3.8) is 0 Å². The Kier molecular flexibility index (Phi) is 4.22. The molecule has 0 aromatic heterocycles. The van der Waals surface area contributed by atoms with Crippen molar-refractivity contribution >= 4 is 21.4 Å². The maximum Gasteiger partial charge on any atom is 0.152 e. The first-order chi connectivity index (χ1) is 6.14. The van der Waals surface area contributed by atoms with Crippen LogP contribution in [-0.4, -0.2) is 50.3 Å². The molecular formula is C8H14ClNO2S. The van der Waals surface area contributed by atoms with Gasteiger partial charge < -0.3 is 0 Å². The minimum atomic E-state index is -2.74. The van der Waals surface area contributed by atoms with Crippen molar-refractivity contribution in [2.24, 2.45) is 0 Å². The fraction of sp³-hybridized carbons (Fsp3) is 0.750. The Morgan fingerprint density at radius 1 is 1.23 bits per heavy atom. The van der Waals surface area contributed by atoms with Crippen molar-refractivity contribution < 1.29 is 8.42 Å². The lowest BCUT2D eigenvalue weighted by molar-refractivity contribution is 0.327. The summed E-state index contributed by atoms with van der Waals surface area (Å²) < 4.78 is 22.1. The topological polar surface area (TPSA) is 37.4 Å². The van der Waals surface area contributed by atoms with Crippen molar-refractivity contribution in [2.75, 3.05) is 37.0 Å². The molecule has 0 N–H and O–H groups in total. The summed E-state index contributed by atoms with van der Waals surface area (Å²) in [5.74, 6) is 1.11. The largest absolute Gasteiger partial charge is 0.298 e. The van der Waals surface area contributed by atoms with Crippen LogP contribution in [0.5, 0.6) is 0 Å². The number of alkyl halides is 1. The summed E-state index contributed by atoms with van der Waals surface area (Å²) in [6.45, 7) is 2.10. The van der Waals surface area contributed by atoms with Crippen molar-refractivity contribution in [1.29, 1.82) is 0 Å². The first kappa shape index (κ1) is 11.0. The van der Waals surface area contributed by atoms with Crippen LogP contribution in [0.2, 0.25) is 0 Å². The number of halogens is 1. The van der Waals surface area contributed by atoms with Gasteiger partial charge in [0, 0.05) is 25.5 Å². The van der Waals surface area contributed by atoms with Crippen LogP contribution in [-0.2, 0) is 9.84 Å². The van der Waals surface area contributed by atoms with E-state index in [-0.39, 0.29) is 0 Å². The van der Waals surface area contributed by atoms with E-state index in [2.05, 4.69) is 4.90 Å². The second kappa shape index (κ2) is 4.98. The molecule has 1 aliphatic heterocycles. The molecule has 0 aromatic rings. The van der Waals surface area contributed by atoms with E-state index in [0.29, 0.717) is 30.5 Å². The van der Waals surface area contributed by atoms with Gasteiger partial charge in [-0.1, -0.05) is 12.2 Å². The fourth-order valence-electron chi connectivity index (χ4n) is 1.22. The highest BCUT2D eigenvalue weighted by Gasteiger charge is 2.20. The third-order valence-electron chi connectivity index (χ3n) is 2.06. The highest BCUT2D eigenvalue weighted by molar-refractivity contribution is 7.91. The van der Waals surface area contributed by atoms with Crippen LogP contribution in [0, 0.1) is 0 Å². The molecular weight excluding hydrogens is 210 g/mol. The molecule has 0 amide bonds. The number of allylic oxidation sites excluding steroid dienone is 1. The summed E-state index contributed by atoms with van der Waals surface area (Å²) in [6.07, 6.45) is 3.86. The number of sulfone groups is 1. The molecule has 1 saturated heterocycles. The molecule has 3 nitrogen and oxygen atoms in total. The Bertz CT molecular complexity index is 260. The third-order valence-corrected chi connectivity index (χ3v) is 3.84. The van der Waals surface area contributed by atoms with Gasteiger partial charge in [0.25, 0.3) is 0 Å². The lowest BCUT2D eigenvalue weighted by atomic mass is 10.4. The van der Waals surface area contributed by atoms with Crippen LogP contribution in [0.3, 0.4) is 0 Å². The molecule has 5 heteroatoms. The highest BCUT2D eigenvalue weighted by Crippen LogP contribution is 2.03. The molecule has 0 saturated carbocycles. The van der Waals surface area contributed by atoms with Gasteiger partial charge in [0.15, 0.2) is 9.84 Å². The number of hydrogen-bond acceptors (Lipinski definition) is 3.